The van der Waals surface area contributed by atoms with Crippen LogP contribution in [0.15, 0.2) is 60.8 Å². The molecule has 0 bridgehead atoms. The molecule has 1 N–H and O–H groups in total. The molecule has 138 valence electrons. The highest BCUT2D eigenvalue weighted by atomic mass is 16.5. The number of aromatic nitrogens is 1. The molecule has 1 heterocycles. The van der Waals surface area contributed by atoms with Crippen LogP contribution in [0.4, 0.5) is 0 Å². The monoisotopic (exact) mass is 364 g/mol. The molecular formula is C21H20N2O4. The summed E-state index contributed by atoms with van der Waals surface area (Å²) in [5.41, 5.74) is 1.20. The third-order valence-corrected chi connectivity index (χ3v) is 4.29. The molecule has 0 aliphatic heterocycles. The van der Waals surface area contributed by atoms with Gasteiger partial charge in [-0.3, -0.25) is 4.79 Å². The number of methoxy groups -OCH3 is 2. The van der Waals surface area contributed by atoms with E-state index in [-0.39, 0.29) is 12.3 Å². The van der Waals surface area contributed by atoms with Gasteiger partial charge in [0.2, 0.25) is 5.88 Å². The Morgan fingerprint density at radius 2 is 1.81 bits per heavy atom. The van der Waals surface area contributed by atoms with Gasteiger partial charge in [-0.25, -0.2) is 9.78 Å². The lowest BCUT2D eigenvalue weighted by molar-refractivity contribution is -0.142. The number of benzene rings is 2. The van der Waals surface area contributed by atoms with Gasteiger partial charge in [0.25, 0.3) is 5.91 Å². The Balaban J connectivity index is 1.88. The number of carbonyl (C=O) groups is 2. The molecular weight excluding hydrogens is 344 g/mol. The highest BCUT2D eigenvalue weighted by Gasteiger charge is 2.25. The van der Waals surface area contributed by atoms with Crippen LogP contribution in [-0.2, 0) is 16.0 Å². The maximum atomic E-state index is 12.9. The van der Waals surface area contributed by atoms with Gasteiger partial charge in [-0.05, 0) is 22.9 Å². The normalized spacial score (nSPS) is 11.6. The Morgan fingerprint density at radius 3 is 2.59 bits per heavy atom. The summed E-state index contributed by atoms with van der Waals surface area (Å²) in [4.78, 5) is 29.2. The Morgan fingerprint density at radius 1 is 1.04 bits per heavy atom. The molecule has 1 amide bonds. The molecule has 0 fully saturated rings. The molecule has 3 rings (SSSR count). The second kappa shape index (κ2) is 8.31. The third kappa shape index (κ3) is 4.06. The molecule has 0 saturated carbocycles. The van der Waals surface area contributed by atoms with Gasteiger partial charge in [0, 0.05) is 23.7 Å². The van der Waals surface area contributed by atoms with Crippen LogP contribution in [0.5, 0.6) is 5.88 Å². The van der Waals surface area contributed by atoms with Crippen molar-refractivity contribution in [2.75, 3.05) is 14.2 Å². The molecule has 0 aliphatic rings. The van der Waals surface area contributed by atoms with Crippen LogP contribution < -0.4 is 10.1 Å². The van der Waals surface area contributed by atoms with Crippen LogP contribution in [0.2, 0.25) is 0 Å². The largest absolute Gasteiger partial charge is 0.481 e. The van der Waals surface area contributed by atoms with Gasteiger partial charge >= 0.3 is 5.97 Å². The zero-order valence-electron chi connectivity index (χ0n) is 15.1. The fourth-order valence-corrected chi connectivity index (χ4v) is 2.98. The van der Waals surface area contributed by atoms with E-state index >= 15 is 0 Å². The number of ether oxygens (including phenoxy) is 2. The molecule has 1 aromatic heterocycles. The van der Waals surface area contributed by atoms with Crippen molar-refractivity contribution in [2.24, 2.45) is 0 Å². The zero-order chi connectivity index (χ0) is 19.2. The smallest absolute Gasteiger partial charge is 0.328 e. The molecule has 0 radical (unpaired) electrons. The molecule has 0 saturated heterocycles. The van der Waals surface area contributed by atoms with Gasteiger partial charge in [0.05, 0.1) is 14.2 Å². The number of pyridine rings is 1. The first-order valence-corrected chi connectivity index (χ1v) is 8.48. The first kappa shape index (κ1) is 18.4. The van der Waals surface area contributed by atoms with Gasteiger partial charge in [0.15, 0.2) is 0 Å². The van der Waals surface area contributed by atoms with E-state index in [9.17, 15) is 9.59 Å². The minimum absolute atomic E-state index is 0.209. The summed E-state index contributed by atoms with van der Waals surface area (Å²) in [6.45, 7) is 0. The molecule has 6 heteroatoms. The van der Waals surface area contributed by atoms with Crippen molar-refractivity contribution < 1.29 is 19.1 Å². The molecule has 3 aromatic rings. The Bertz CT molecular complexity index is 966. The van der Waals surface area contributed by atoms with Crippen LogP contribution in [0, 0.1) is 0 Å². The van der Waals surface area contributed by atoms with Crippen molar-refractivity contribution in [3.8, 4) is 5.88 Å². The molecule has 0 unspecified atom stereocenters. The summed E-state index contributed by atoms with van der Waals surface area (Å²) < 4.78 is 10.1. The maximum Gasteiger partial charge on any atom is 0.328 e. The molecule has 0 aliphatic carbocycles. The van der Waals surface area contributed by atoms with Crippen molar-refractivity contribution in [1.82, 2.24) is 10.3 Å². The van der Waals surface area contributed by atoms with Crippen LogP contribution in [-0.4, -0.2) is 37.1 Å². The fourth-order valence-electron chi connectivity index (χ4n) is 2.98. The predicted octanol–water partition coefficient (Wildman–Crippen LogP) is 2.76. The standard InChI is InChI=1S/C21H20N2O4/c1-26-20-15(9-6-12-22-20)13-18(21(25)27-2)23-19(24)17-11-5-8-14-7-3-4-10-16(14)17/h3-12,18H,13H2,1-2H3,(H,23,24)/t18-/m0/s1. The van der Waals surface area contributed by atoms with Crippen molar-refractivity contribution in [1.29, 1.82) is 0 Å². The molecule has 2 aromatic carbocycles. The van der Waals surface area contributed by atoms with E-state index < -0.39 is 12.0 Å². The summed E-state index contributed by atoms with van der Waals surface area (Å²) >= 11 is 0. The molecule has 0 spiro atoms. The van der Waals surface area contributed by atoms with E-state index in [1.165, 1.54) is 14.2 Å². The lowest BCUT2D eigenvalue weighted by atomic mass is 10.0. The third-order valence-electron chi connectivity index (χ3n) is 4.29. The van der Waals surface area contributed by atoms with E-state index in [1.807, 2.05) is 36.4 Å². The van der Waals surface area contributed by atoms with Crippen molar-refractivity contribution in [3.63, 3.8) is 0 Å². The summed E-state index contributed by atoms with van der Waals surface area (Å²) in [7, 11) is 2.80. The van der Waals surface area contributed by atoms with E-state index in [0.29, 0.717) is 17.0 Å². The number of rotatable bonds is 6. The minimum Gasteiger partial charge on any atom is -0.481 e. The summed E-state index contributed by atoms with van der Waals surface area (Å²) in [6, 6.07) is 15.8. The lowest BCUT2D eigenvalue weighted by Crippen LogP contribution is -2.43. The number of carbonyl (C=O) groups excluding carboxylic acids is 2. The number of fused-ring (bicyclic) bond motifs is 1. The SMILES string of the molecule is COC(=O)[C@H](Cc1cccnc1OC)NC(=O)c1cccc2ccccc12. The van der Waals surface area contributed by atoms with E-state index in [0.717, 1.165) is 10.8 Å². The van der Waals surface area contributed by atoms with Gasteiger partial charge in [0.1, 0.15) is 6.04 Å². The first-order chi connectivity index (χ1) is 13.1. The molecule has 1 atom stereocenters. The number of nitrogens with zero attached hydrogens (tertiary/aromatic N) is 1. The number of amides is 1. The van der Waals surface area contributed by atoms with Crippen molar-refractivity contribution >= 4 is 22.6 Å². The van der Waals surface area contributed by atoms with Crippen LogP contribution in [0.1, 0.15) is 15.9 Å². The van der Waals surface area contributed by atoms with E-state index in [1.54, 1.807) is 24.4 Å². The average Bonchev–Trinajstić information content (AvgIpc) is 2.72. The fraction of sp³-hybridized carbons (Fsp3) is 0.190. The number of esters is 1. The van der Waals surface area contributed by atoms with Crippen LogP contribution in [0.25, 0.3) is 10.8 Å². The van der Waals surface area contributed by atoms with Crippen molar-refractivity contribution in [2.45, 2.75) is 12.5 Å². The summed E-state index contributed by atoms with van der Waals surface area (Å²) in [5, 5.41) is 4.55. The highest BCUT2D eigenvalue weighted by molar-refractivity contribution is 6.08. The number of hydrogen-bond donors (Lipinski definition) is 1. The zero-order valence-corrected chi connectivity index (χ0v) is 15.1. The number of nitrogens with one attached hydrogen (secondary N) is 1. The number of hydrogen-bond acceptors (Lipinski definition) is 5. The molecule has 27 heavy (non-hydrogen) atoms. The quantitative estimate of drug-likeness (QED) is 0.681. The minimum atomic E-state index is -0.862. The average molecular weight is 364 g/mol. The van der Waals surface area contributed by atoms with Crippen molar-refractivity contribution in [3.05, 3.63) is 71.9 Å². The predicted molar refractivity (Wildman–Crippen MR) is 102 cm³/mol. The molecule has 6 nitrogen and oxygen atoms in total. The lowest BCUT2D eigenvalue weighted by Gasteiger charge is -2.18. The van der Waals surface area contributed by atoms with Crippen LogP contribution >= 0.6 is 0 Å². The Hall–Kier alpha value is -3.41. The second-order valence-corrected chi connectivity index (χ2v) is 5.95. The van der Waals surface area contributed by atoms with Gasteiger partial charge in [-0.1, -0.05) is 42.5 Å². The summed E-state index contributed by atoms with van der Waals surface area (Å²) in [6.07, 6.45) is 1.81. The van der Waals surface area contributed by atoms with Gasteiger partial charge < -0.3 is 14.8 Å². The first-order valence-electron chi connectivity index (χ1n) is 8.48. The maximum absolute atomic E-state index is 12.9. The Kier molecular flexibility index (Phi) is 5.66. The Labute approximate surface area is 157 Å². The highest BCUT2D eigenvalue weighted by Crippen LogP contribution is 2.20. The van der Waals surface area contributed by atoms with Gasteiger partial charge in [-0.2, -0.15) is 0 Å². The van der Waals surface area contributed by atoms with E-state index in [2.05, 4.69) is 10.3 Å². The van der Waals surface area contributed by atoms with E-state index in [4.69, 9.17) is 9.47 Å². The second-order valence-electron chi connectivity index (χ2n) is 5.95. The summed E-state index contributed by atoms with van der Waals surface area (Å²) in [5.74, 6) is -0.467. The van der Waals surface area contributed by atoms with Crippen LogP contribution in [0.3, 0.4) is 0 Å². The topological polar surface area (TPSA) is 77.5 Å². The van der Waals surface area contributed by atoms with Gasteiger partial charge in [-0.15, -0.1) is 0 Å².